The Labute approximate surface area is 71.7 Å². The highest BCUT2D eigenvalue weighted by atomic mass is 32.2. The van der Waals surface area contributed by atoms with Gasteiger partial charge in [0.2, 0.25) is 0 Å². The van der Waals surface area contributed by atoms with Crippen LogP contribution in [0.15, 0.2) is 29.4 Å². The molecule has 0 radical (unpaired) electrons. The summed E-state index contributed by atoms with van der Waals surface area (Å²) in [5.41, 5.74) is 0. The van der Waals surface area contributed by atoms with Crippen LogP contribution in [0.3, 0.4) is 0 Å². The highest BCUT2D eigenvalue weighted by Gasteiger charge is 2.07. The van der Waals surface area contributed by atoms with E-state index in [4.69, 9.17) is 5.11 Å². The summed E-state index contributed by atoms with van der Waals surface area (Å²) in [4.78, 5) is 14.3. The molecule has 0 bridgehead atoms. The lowest BCUT2D eigenvalue weighted by Crippen LogP contribution is -2.09. The van der Waals surface area contributed by atoms with Gasteiger partial charge in [-0.1, -0.05) is 0 Å². The van der Waals surface area contributed by atoms with Gasteiger partial charge in [-0.05, 0) is 12.1 Å². The summed E-state index contributed by atoms with van der Waals surface area (Å²) in [7, 11) is -1.48. The smallest absolute Gasteiger partial charge is 0.316 e. The van der Waals surface area contributed by atoms with Crippen molar-refractivity contribution in [2.24, 2.45) is 0 Å². The second kappa shape index (κ2) is 3.96. The molecule has 12 heavy (non-hydrogen) atoms. The summed E-state index contributed by atoms with van der Waals surface area (Å²) in [6.45, 7) is 0. The van der Waals surface area contributed by atoms with Gasteiger partial charge in [-0.25, -0.2) is 0 Å². The van der Waals surface area contributed by atoms with Crippen molar-refractivity contribution in [3.8, 4) is 0 Å². The Morgan fingerprint density at radius 2 is 2.42 bits per heavy atom. The van der Waals surface area contributed by atoms with Crippen LogP contribution >= 0.6 is 0 Å². The predicted molar refractivity (Wildman–Crippen MR) is 43.1 cm³/mol. The van der Waals surface area contributed by atoms with Gasteiger partial charge in [0.05, 0.1) is 15.7 Å². The number of carboxylic acids is 1. The van der Waals surface area contributed by atoms with E-state index in [-0.39, 0.29) is 5.75 Å². The lowest BCUT2D eigenvalue weighted by molar-refractivity contribution is -0.133. The van der Waals surface area contributed by atoms with Gasteiger partial charge in [-0.2, -0.15) is 0 Å². The fraction of sp³-hybridized carbons (Fsp3) is 0.143. The van der Waals surface area contributed by atoms with E-state index in [0.29, 0.717) is 4.90 Å². The molecule has 1 N–H and O–H groups in total. The summed E-state index contributed by atoms with van der Waals surface area (Å²) in [5.74, 6) is -1.44. The molecule has 0 aliphatic heterocycles. The molecule has 0 amide bonds. The molecule has 64 valence electrons. The van der Waals surface area contributed by atoms with E-state index in [2.05, 4.69) is 4.98 Å². The van der Waals surface area contributed by atoms with Gasteiger partial charge >= 0.3 is 5.97 Å². The Balaban J connectivity index is 2.73. The number of hydrogen-bond acceptors (Lipinski definition) is 3. The molecule has 0 aliphatic rings. The van der Waals surface area contributed by atoms with Gasteiger partial charge in [0.25, 0.3) is 0 Å². The number of aliphatic carboxylic acids is 1. The van der Waals surface area contributed by atoms with Crippen molar-refractivity contribution in [2.75, 3.05) is 5.75 Å². The van der Waals surface area contributed by atoms with Gasteiger partial charge in [0.1, 0.15) is 5.75 Å². The molecule has 4 nitrogen and oxygen atoms in total. The van der Waals surface area contributed by atoms with Crippen LogP contribution in [0.4, 0.5) is 0 Å². The summed E-state index contributed by atoms with van der Waals surface area (Å²) in [6, 6.07) is 3.21. The molecule has 0 saturated heterocycles. The predicted octanol–water partition coefficient (Wildman–Crippen LogP) is 0.274. The quantitative estimate of drug-likeness (QED) is 0.734. The Morgan fingerprint density at radius 1 is 1.67 bits per heavy atom. The molecular formula is C7H7NO3S. The molecule has 1 rings (SSSR count). The normalized spacial score (nSPS) is 12.3. The van der Waals surface area contributed by atoms with Crippen LogP contribution in [-0.2, 0) is 15.6 Å². The third-order valence-electron chi connectivity index (χ3n) is 1.15. The van der Waals surface area contributed by atoms with Crippen LogP contribution in [0.5, 0.6) is 0 Å². The number of carbonyl (C=O) groups is 1. The van der Waals surface area contributed by atoms with Crippen molar-refractivity contribution in [1.29, 1.82) is 0 Å². The van der Waals surface area contributed by atoms with Crippen molar-refractivity contribution < 1.29 is 14.1 Å². The van der Waals surface area contributed by atoms with Crippen molar-refractivity contribution in [2.45, 2.75) is 4.90 Å². The minimum Gasteiger partial charge on any atom is -0.481 e. The van der Waals surface area contributed by atoms with E-state index in [1.807, 2.05) is 0 Å². The summed E-state index contributed by atoms with van der Waals surface area (Å²) >= 11 is 0. The van der Waals surface area contributed by atoms with Crippen LogP contribution in [0.1, 0.15) is 0 Å². The molecule has 0 aromatic carbocycles. The number of hydrogen-bond donors (Lipinski definition) is 1. The highest BCUT2D eigenvalue weighted by molar-refractivity contribution is 7.85. The maximum absolute atomic E-state index is 11.1. The van der Waals surface area contributed by atoms with Crippen LogP contribution in [-0.4, -0.2) is 26.0 Å². The van der Waals surface area contributed by atoms with Crippen molar-refractivity contribution in [3.63, 3.8) is 0 Å². The van der Waals surface area contributed by atoms with Gasteiger partial charge < -0.3 is 5.11 Å². The lowest BCUT2D eigenvalue weighted by Gasteiger charge is -1.95. The zero-order valence-corrected chi connectivity index (χ0v) is 6.95. The van der Waals surface area contributed by atoms with Gasteiger partial charge in [0, 0.05) is 12.4 Å². The van der Waals surface area contributed by atoms with Crippen molar-refractivity contribution in [1.82, 2.24) is 4.98 Å². The molecule has 0 fully saturated rings. The van der Waals surface area contributed by atoms with Gasteiger partial charge in [-0.15, -0.1) is 0 Å². The first-order valence-electron chi connectivity index (χ1n) is 3.20. The molecule has 1 aromatic rings. The molecule has 0 saturated carbocycles. The zero-order valence-electron chi connectivity index (χ0n) is 6.14. The molecular weight excluding hydrogens is 178 g/mol. The molecule has 5 heteroatoms. The van der Waals surface area contributed by atoms with Crippen LogP contribution in [0.2, 0.25) is 0 Å². The van der Waals surface area contributed by atoms with E-state index < -0.39 is 16.8 Å². The maximum atomic E-state index is 11.1. The van der Waals surface area contributed by atoms with Gasteiger partial charge in [0.15, 0.2) is 0 Å². The maximum Gasteiger partial charge on any atom is 0.316 e. The monoisotopic (exact) mass is 185 g/mol. The number of aromatic nitrogens is 1. The Kier molecular flexibility index (Phi) is 2.93. The molecule has 1 aromatic heterocycles. The zero-order chi connectivity index (χ0) is 8.97. The molecule has 0 spiro atoms. The first-order chi connectivity index (χ1) is 5.70. The average Bonchev–Trinajstić information content (AvgIpc) is 2.05. The average molecular weight is 185 g/mol. The molecule has 0 aliphatic carbocycles. The van der Waals surface area contributed by atoms with E-state index >= 15 is 0 Å². The summed E-state index contributed by atoms with van der Waals surface area (Å²) in [6.07, 6.45) is 2.94. The van der Waals surface area contributed by atoms with Crippen LogP contribution in [0, 0.1) is 0 Å². The summed E-state index contributed by atoms with van der Waals surface area (Å²) < 4.78 is 11.1. The third-order valence-corrected chi connectivity index (χ3v) is 2.43. The standard InChI is InChI=1S/C7H7NO3S/c9-7(10)5-12(11)6-2-1-3-8-4-6/h1-4H,5H2,(H,9,10). The van der Waals surface area contributed by atoms with Crippen LogP contribution < -0.4 is 0 Å². The first kappa shape index (κ1) is 8.86. The highest BCUT2D eigenvalue weighted by Crippen LogP contribution is 2.02. The Hall–Kier alpha value is -1.23. The second-order valence-electron chi connectivity index (χ2n) is 2.07. The minimum atomic E-state index is -1.48. The fourth-order valence-electron chi connectivity index (χ4n) is 0.677. The van der Waals surface area contributed by atoms with E-state index in [1.54, 1.807) is 18.3 Å². The Bertz CT molecular complexity index is 299. The van der Waals surface area contributed by atoms with E-state index in [1.165, 1.54) is 6.20 Å². The number of pyridine rings is 1. The fourth-order valence-corrected chi connectivity index (χ4v) is 1.48. The lowest BCUT2D eigenvalue weighted by atomic mass is 10.5. The number of rotatable bonds is 3. The third kappa shape index (κ3) is 2.43. The first-order valence-corrected chi connectivity index (χ1v) is 4.52. The van der Waals surface area contributed by atoms with E-state index in [0.717, 1.165) is 0 Å². The van der Waals surface area contributed by atoms with Crippen molar-refractivity contribution >= 4 is 16.8 Å². The number of nitrogens with zero attached hydrogens (tertiary/aromatic N) is 1. The molecule has 1 heterocycles. The van der Waals surface area contributed by atoms with E-state index in [9.17, 15) is 9.00 Å². The largest absolute Gasteiger partial charge is 0.481 e. The minimum absolute atomic E-state index is 0.369. The Morgan fingerprint density at radius 3 is 2.92 bits per heavy atom. The van der Waals surface area contributed by atoms with Crippen molar-refractivity contribution in [3.05, 3.63) is 24.5 Å². The SMILES string of the molecule is O=C(O)CS(=O)c1cccnc1. The number of carboxylic acid groups (broad SMARTS) is 1. The van der Waals surface area contributed by atoms with Crippen LogP contribution in [0.25, 0.3) is 0 Å². The molecule has 1 atom stereocenters. The van der Waals surface area contributed by atoms with Gasteiger partial charge in [-0.3, -0.25) is 14.0 Å². The second-order valence-corrected chi connectivity index (χ2v) is 3.52. The molecule has 1 unspecified atom stereocenters. The summed E-state index contributed by atoms with van der Waals surface area (Å²) in [5, 5.41) is 8.33. The topological polar surface area (TPSA) is 67.3 Å².